The Morgan fingerprint density at radius 1 is 1.07 bits per heavy atom. The van der Waals surface area contributed by atoms with E-state index in [4.69, 9.17) is 5.11 Å². The van der Waals surface area contributed by atoms with E-state index in [0.29, 0.717) is 14.7 Å². The first-order valence-electron chi connectivity index (χ1n) is 8.54. The van der Waals surface area contributed by atoms with Crippen LogP contribution in [0.5, 0.6) is 0 Å². The second kappa shape index (κ2) is 8.31. The molecular weight excluding hydrogens is 364 g/mol. The summed E-state index contributed by atoms with van der Waals surface area (Å²) >= 11 is 0. The lowest BCUT2D eigenvalue weighted by Crippen LogP contribution is -2.39. The van der Waals surface area contributed by atoms with Crippen molar-refractivity contribution in [3.8, 4) is 0 Å². The molecule has 0 spiro atoms. The predicted octanol–water partition coefficient (Wildman–Crippen LogP) is 1.35. The third-order valence-electron chi connectivity index (χ3n) is 4.21. The van der Waals surface area contributed by atoms with Crippen molar-refractivity contribution in [1.29, 1.82) is 0 Å². The fraction of sp³-hybridized carbons (Fsp3) is 0.158. The number of carbonyl (C=O) groups is 2. The van der Waals surface area contributed by atoms with E-state index in [2.05, 4.69) is 10.9 Å². The summed E-state index contributed by atoms with van der Waals surface area (Å²) in [6.45, 7) is -0.149. The number of para-hydroxylation sites is 2. The fourth-order valence-corrected chi connectivity index (χ4v) is 2.85. The topological polar surface area (TPSA) is 129 Å². The number of aromatic nitrogens is 2. The number of aliphatic carboxylic acids is 1. The molecule has 3 rings (SSSR count). The summed E-state index contributed by atoms with van der Waals surface area (Å²) in [5, 5.41) is 21.7. The minimum atomic E-state index is -1.08. The molecule has 0 atom stereocenters. The van der Waals surface area contributed by atoms with Gasteiger partial charge in [0.15, 0.2) is 0 Å². The van der Waals surface area contributed by atoms with Crippen LogP contribution in [-0.4, -0.2) is 21.7 Å². The zero-order valence-electron chi connectivity index (χ0n) is 14.8. The number of hydrazine groups is 1. The minimum Gasteiger partial charge on any atom is -0.805 e. The SMILES string of the molecule is O=C(O)CCc1c(CNNC(=O)c2ccccc2)n([O-])c2ccccc2[n+]1=O. The van der Waals surface area contributed by atoms with E-state index in [0.717, 1.165) is 0 Å². The number of fused-ring (bicyclic) bond motifs is 1. The van der Waals surface area contributed by atoms with Gasteiger partial charge in [0.1, 0.15) is 11.2 Å². The molecule has 2 aromatic carbocycles. The number of carboxylic acids is 1. The van der Waals surface area contributed by atoms with Gasteiger partial charge in [0.2, 0.25) is 0 Å². The lowest BCUT2D eigenvalue weighted by atomic mass is 10.1. The van der Waals surface area contributed by atoms with E-state index in [1.54, 1.807) is 42.5 Å². The smallest absolute Gasteiger partial charge is 0.303 e. The highest BCUT2D eigenvalue weighted by Gasteiger charge is 2.23. The van der Waals surface area contributed by atoms with E-state index in [9.17, 15) is 19.7 Å². The van der Waals surface area contributed by atoms with Crippen molar-refractivity contribution < 1.29 is 19.1 Å². The maximum Gasteiger partial charge on any atom is 0.303 e. The average Bonchev–Trinajstić information content (AvgIpc) is 2.71. The van der Waals surface area contributed by atoms with Gasteiger partial charge < -0.3 is 15.0 Å². The number of carboxylic acid groups (broad SMARTS) is 1. The van der Waals surface area contributed by atoms with Crippen molar-refractivity contribution in [3.63, 3.8) is 0 Å². The van der Waals surface area contributed by atoms with Crippen molar-refractivity contribution in [2.24, 2.45) is 0 Å². The van der Waals surface area contributed by atoms with Crippen molar-refractivity contribution in [1.82, 2.24) is 15.6 Å². The summed E-state index contributed by atoms with van der Waals surface area (Å²) in [6.07, 6.45) is -0.417. The van der Waals surface area contributed by atoms with Gasteiger partial charge in [0.05, 0.1) is 17.4 Å². The zero-order valence-corrected chi connectivity index (χ0v) is 14.8. The predicted molar refractivity (Wildman–Crippen MR) is 101 cm³/mol. The molecule has 1 heterocycles. The van der Waals surface area contributed by atoms with E-state index in [1.165, 1.54) is 12.1 Å². The maximum atomic E-state index is 12.8. The number of carbonyl (C=O) groups excluding carboxylic acids is 1. The molecule has 0 aliphatic rings. The molecule has 0 bridgehead atoms. The highest BCUT2D eigenvalue weighted by Crippen LogP contribution is 2.15. The molecule has 1 aromatic heterocycles. The van der Waals surface area contributed by atoms with Crippen LogP contribution in [0.25, 0.3) is 11.0 Å². The van der Waals surface area contributed by atoms with Gasteiger partial charge in [-0.3, -0.25) is 15.0 Å². The Hall–Kier alpha value is -3.72. The van der Waals surface area contributed by atoms with Gasteiger partial charge in [-0.25, -0.2) is 5.43 Å². The molecule has 9 nitrogen and oxygen atoms in total. The van der Waals surface area contributed by atoms with Gasteiger partial charge in [0.25, 0.3) is 17.1 Å². The van der Waals surface area contributed by atoms with Crippen molar-refractivity contribution >= 4 is 22.9 Å². The quantitative estimate of drug-likeness (QED) is 0.418. The van der Waals surface area contributed by atoms with Gasteiger partial charge in [-0.2, -0.15) is 0 Å². The van der Waals surface area contributed by atoms with Gasteiger partial charge in [0, 0.05) is 23.0 Å². The molecule has 0 aliphatic carbocycles. The molecule has 1 amide bonds. The van der Waals surface area contributed by atoms with E-state index >= 15 is 0 Å². The summed E-state index contributed by atoms with van der Waals surface area (Å²) in [5.74, 6) is -1.48. The summed E-state index contributed by atoms with van der Waals surface area (Å²) in [7, 11) is 0. The number of nitrogens with zero attached hydrogens (tertiary/aromatic N) is 2. The number of amides is 1. The van der Waals surface area contributed by atoms with E-state index in [1.807, 2.05) is 0 Å². The summed E-state index contributed by atoms with van der Waals surface area (Å²) in [5.41, 5.74) is 5.92. The van der Waals surface area contributed by atoms with Crippen molar-refractivity contribution in [2.75, 3.05) is 0 Å². The molecule has 0 fully saturated rings. The van der Waals surface area contributed by atoms with Gasteiger partial charge in [-0.1, -0.05) is 30.3 Å². The standard InChI is InChI=1S/C19H18N4O5/c24-18(25)11-10-16-17(12-20-21-19(26)13-6-2-1-3-7-13)23(28)15-9-5-4-8-14(15)22(16)27/h1-9,20H,10-12H2,(H,21,26)(H,24,25). The molecule has 0 unspecified atom stereocenters. The summed E-state index contributed by atoms with van der Waals surface area (Å²) in [6, 6.07) is 14.7. The number of hydrogen-bond acceptors (Lipinski definition) is 5. The molecule has 3 aromatic rings. The van der Waals surface area contributed by atoms with Crippen LogP contribution >= 0.6 is 0 Å². The maximum absolute atomic E-state index is 12.8. The van der Waals surface area contributed by atoms with Crippen LogP contribution in [-0.2, 0) is 17.8 Å². The molecular formula is C19H18N4O5. The third kappa shape index (κ3) is 3.99. The normalized spacial score (nSPS) is 10.7. The van der Waals surface area contributed by atoms with Gasteiger partial charge in [-0.15, -0.1) is 0 Å². The first-order chi connectivity index (χ1) is 13.5. The van der Waals surface area contributed by atoms with Crippen LogP contribution in [0.1, 0.15) is 28.2 Å². The lowest BCUT2D eigenvalue weighted by molar-refractivity contribution is -0.476. The highest BCUT2D eigenvalue weighted by molar-refractivity contribution is 5.93. The van der Waals surface area contributed by atoms with Gasteiger partial charge in [-0.05, 0) is 18.2 Å². The minimum absolute atomic E-state index is 0.0394. The molecule has 0 saturated heterocycles. The molecule has 9 heteroatoms. The Morgan fingerprint density at radius 3 is 2.46 bits per heavy atom. The van der Waals surface area contributed by atoms with Gasteiger partial charge >= 0.3 is 5.97 Å². The van der Waals surface area contributed by atoms with Crippen LogP contribution in [0.15, 0.2) is 54.6 Å². The Balaban J connectivity index is 1.89. The molecule has 0 aliphatic heterocycles. The number of hydrogen-bond donors (Lipinski definition) is 3. The van der Waals surface area contributed by atoms with Crippen molar-refractivity contribution in [2.45, 2.75) is 19.4 Å². The van der Waals surface area contributed by atoms with Crippen molar-refractivity contribution in [3.05, 3.63) is 81.7 Å². The zero-order chi connectivity index (χ0) is 20.1. The largest absolute Gasteiger partial charge is 0.805 e. The number of nitrogens with one attached hydrogen (secondary N) is 2. The second-order valence-electron chi connectivity index (χ2n) is 6.04. The Morgan fingerprint density at radius 2 is 1.75 bits per heavy atom. The lowest BCUT2D eigenvalue weighted by Gasteiger charge is -2.19. The van der Waals surface area contributed by atoms with Crippen LogP contribution in [0.4, 0.5) is 0 Å². The van der Waals surface area contributed by atoms with Crippen LogP contribution in [0.3, 0.4) is 0 Å². The van der Waals surface area contributed by atoms with Crippen LogP contribution < -0.4 is 15.3 Å². The molecule has 3 N–H and O–H groups in total. The summed E-state index contributed by atoms with van der Waals surface area (Å²) < 4.78 is 1.16. The molecule has 0 saturated carbocycles. The highest BCUT2D eigenvalue weighted by atomic mass is 16.5. The monoisotopic (exact) mass is 382 g/mol. The Bertz CT molecular complexity index is 1080. The fourth-order valence-electron chi connectivity index (χ4n) is 2.85. The average molecular weight is 382 g/mol. The first kappa shape index (κ1) is 19.1. The first-order valence-corrected chi connectivity index (χ1v) is 8.54. The van der Waals surface area contributed by atoms with E-state index in [-0.39, 0.29) is 41.8 Å². The number of rotatable bonds is 7. The van der Waals surface area contributed by atoms with E-state index < -0.39 is 11.9 Å². The Kier molecular flexibility index (Phi) is 5.66. The molecule has 144 valence electrons. The number of benzene rings is 2. The Labute approximate surface area is 159 Å². The third-order valence-corrected chi connectivity index (χ3v) is 4.21. The summed E-state index contributed by atoms with van der Waals surface area (Å²) in [4.78, 5) is 35.7. The van der Waals surface area contributed by atoms with Crippen LogP contribution in [0, 0.1) is 10.1 Å². The molecule has 0 radical (unpaired) electrons. The second-order valence-corrected chi connectivity index (χ2v) is 6.04. The van der Waals surface area contributed by atoms with Crippen LogP contribution in [0.2, 0.25) is 0 Å². The molecule has 28 heavy (non-hydrogen) atoms.